The molecule has 2 aromatic heterocycles. The Morgan fingerprint density at radius 1 is 0.957 bits per heavy atom. The summed E-state index contributed by atoms with van der Waals surface area (Å²) in [5.74, 6) is -2.14. The highest BCUT2D eigenvalue weighted by Gasteiger charge is 2.35. The Kier molecular flexibility index (Phi) is 16.2. The van der Waals surface area contributed by atoms with Crippen molar-refractivity contribution < 1.29 is 47.3 Å². The fourth-order valence-corrected chi connectivity index (χ4v) is 10.2. The summed E-state index contributed by atoms with van der Waals surface area (Å²) in [5, 5.41) is 14.4. The smallest absolute Gasteiger partial charge is 0.408 e. The number of methoxy groups -OCH3 is 1. The lowest BCUT2D eigenvalue weighted by Crippen LogP contribution is -2.60. The lowest BCUT2D eigenvalue weighted by atomic mass is 9.84. The Balaban J connectivity index is 1.36. The topological polar surface area (TPSA) is 168 Å². The fourth-order valence-electron chi connectivity index (χ4n) is 10.2. The van der Waals surface area contributed by atoms with Gasteiger partial charge >= 0.3 is 18.0 Å². The number of anilines is 1. The second kappa shape index (κ2) is 21.8. The molecule has 4 aromatic rings. The van der Waals surface area contributed by atoms with Gasteiger partial charge in [0.2, 0.25) is 0 Å². The number of benzene rings is 2. The number of rotatable bonds is 16. The molecule has 3 aliphatic heterocycles. The van der Waals surface area contributed by atoms with Crippen molar-refractivity contribution in [3.05, 3.63) is 71.0 Å². The minimum Gasteiger partial charge on any atom is -0.480 e. The van der Waals surface area contributed by atoms with Gasteiger partial charge < -0.3 is 34.1 Å². The minimum atomic E-state index is -2.87. The SMILES string of the molecule is CCn1c(-c2cc(N3CCN4CCCC[C@@H]4C3)cnc2C(C)OC)c(CC(C)(C)COC(C)=O)c2cc(-c3cc(CC(NC(=O)OC(C)(C)C)C(=O)N4CCC[C@@H](C(=O)O)N4)cc(C(F)F)c3)ccc21. The molecule has 3 fully saturated rings. The predicted octanol–water partition coefficient (Wildman–Crippen LogP) is 8.86. The van der Waals surface area contributed by atoms with Crippen molar-refractivity contribution in [1.29, 1.82) is 0 Å². The number of aromatic nitrogens is 2. The second-order valence-electron chi connectivity index (χ2n) is 20.9. The van der Waals surface area contributed by atoms with Gasteiger partial charge in [0.15, 0.2) is 0 Å². The van der Waals surface area contributed by atoms with Crippen LogP contribution in [0.5, 0.6) is 0 Å². The Hall–Kier alpha value is -5.65. The molecule has 2 aromatic carbocycles. The van der Waals surface area contributed by atoms with Crippen molar-refractivity contribution in [2.45, 2.75) is 143 Å². The van der Waals surface area contributed by atoms with Crippen LogP contribution in [0.15, 0.2) is 48.7 Å². The van der Waals surface area contributed by atoms with Gasteiger partial charge in [-0.1, -0.05) is 38.5 Å². The number of carbonyl (C=O) groups excluding carboxylic acids is 3. The van der Waals surface area contributed by atoms with Gasteiger partial charge in [0.25, 0.3) is 12.3 Å². The first-order valence-corrected chi connectivity index (χ1v) is 24.7. The molecule has 2 amide bonds. The van der Waals surface area contributed by atoms with E-state index in [0.29, 0.717) is 48.5 Å². The first-order valence-electron chi connectivity index (χ1n) is 24.7. The molecular formula is C53H71F2N7O8. The number of hydrogen-bond acceptors (Lipinski definition) is 11. The van der Waals surface area contributed by atoms with Gasteiger partial charge in [-0.25, -0.2) is 19.0 Å². The highest BCUT2D eigenvalue weighted by molar-refractivity contribution is 5.96. The van der Waals surface area contributed by atoms with Crippen LogP contribution in [0.4, 0.5) is 19.3 Å². The van der Waals surface area contributed by atoms with Crippen LogP contribution in [0.1, 0.15) is 122 Å². The number of carboxylic acid groups (broad SMARTS) is 1. The van der Waals surface area contributed by atoms with Gasteiger partial charge in [-0.3, -0.25) is 29.3 Å². The largest absolute Gasteiger partial charge is 0.480 e. The molecule has 3 saturated heterocycles. The maximum absolute atomic E-state index is 15.0. The number of carboxylic acids is 1. The monoisotopic (exact) mass is 972 g/mol. The quantitative estimate of drug-likeness (QED) is 0.0915. The first kappa shape index (κ1) is 52.2. The molecule has 0 bridgehead atoms. The molecule has 5 heterocycles. The van der Waals surface area contributed by atoms with E-state index in [-0.39, 0.29) is 37.2 Å². The summed E-state index contributed by atoms with van der Waals surface area (Å²) in [5.41, 5.74) is 8.05. The zero-order valence-corrected chi connectivity index (χ0v) is 42.2. The highest BCUT2D eigenvalue weighted by Crippen LogP contribution is 2.43. The molecule has 0 spiro atoms. The highest BCUT2D eigenvalue weighted by atomic mass is 19.3. The average molecular weight is 972 g/mol. The number of hydrazine groups is 1. The van der Waals surface area contributed by atoms with Crippen molar-refractivity contribution in [3.63, 3.8) is 0 Å². The number of amides is 2. The van der Waals surface area contributed by atoms with Gasteiger partial charge in [-0.2, -0.15) is 0 Å². The van der Waals surface area contributed by atoms with E-state index in [2.05, 4.69) is 51.9 Å². The van der Waals surface area contributed by atoms with Crippen LogP contribution in [0.3, 0.4) is 0 Å². The summed E-state index contributed by atoms with van der Waals surface area (Å²) >= 11 is 0. The van der Waals surface area contributed by atoms with Gasteiger partial charge in [-0.05, 0) is 120 Å². The molecule has 3 N–H and O–H groups in total. The lowest BCUT2D eigenvalue weighted by molar-refractivity contribution is -0.148. The van der Waals surface area contributed by atoms with Crippen molar-refractivity contribution in [2.24, 2.45) is 5.41 Å². The Bertz CT molecular complexity index is 2560. The number of aryl methyl sites for hydroxylation is 1. The summed E-state index contributed by atoms with van der Waals surface area (Å²) in [4.78, 5) is 61.6. The number of alkyl halides is 2. The Morgan fingerprint density at radius 2 is 1.73 bits per heavy atom. The Morgan fingerprint density at radius 3 is 2.41 bits per heavy atom. The van der Waals surface area contributed by atoms with Crippen molar-refractivity contribution in [2.75, 3.05) is 51.3 Å². The number of nitrogens with one attached hydrogen (secondary N) is 2. The number of aliphatic carboxylic acids is 1. The fraction of sp³-hybridized carbons (Fsp3) is 0.566. The molecule has 0 radical (unpaired) electrons. The van der Waals surface area contributed by atoms with Crippen LogP contribution < -0.4 is 15.6 Å². The number of nitrogens with zero attached hydrogens (tertiary/aromatic N) is 5. The number of esters is 1. The van der Waals surface area contributed by atoms with Crippen LogP contribution in [0, 0.1) is 5.41 Å². The molecule has 4 atom stereocenters. The van der Waals surface area contributed by atoms with Crippen LogP contribution in [0.2, 0.25) is 0 Å². The third-order valence-corrected chi connectivity index (χ3v) is 13.7. The van der Waals surface area contributed by atoms with Crippen LogP contribution in [-0.2, 0) is 48.0 Å². The van der Waals surface area contributed by atoms with Crippen molar-refractivity contribution >= 4 is 40.5 Å². The molecule has 0 aliphatic carbocycles. The Labute approximate surface area is 410 Å². The third kappa shape index (κ3) is 12.3. The molecule has 0 saturated carbocycles. The van der Waals surface area contributed by atoms with E-state index in [1.165, 1.54) is 36.9 Å². The third-order valence-electron chi connectivity index (χ3n) is 13.7. The minimum absolute atomic E-state index is 0.159. The van der Waals surface area contributed by atoms with Gasteiger partial charge in [-0.15, -0.1) is 0 Å². The van der Waals surface area contributed by atoms with E-state index in [0.717, 1.165) is 71.7 Å². The normalized spacial score (nSPS) is 18.9. The number of hydrogen-bond donors (Lipinski definition) is 3. The van der Waals surface area contributed by atoms with Gasteiger partial charge in [0, 0.05) is 86.7 Å². The van der Waals surface area contributed by atoms with E-state index < -0.39 is 47.5 Å². The maximum Gasteiger partial charge on any atom is 0.408 e. The summed E-state index contributed by atoms with van der Waals surface area (Å²) in [6.07, 6.45) is 2.44. The molecule has 70 heavy (non-hydrogen) atoms. The van der Waals surface area contributed by atoms with Gasteiger partial charge in [0.05, 0.1) is 36.0 Å². The molecule has 2 unspecified atom stereocenters. The molecule has 7 rings (SSSR count). The average Bonchev–Trinajstić information content (AvgIpc) is 3.62. The maximum atomic E-state index is 15.0. The number of carbonyl (C=O) groups is 4. The number of halogens is 2. The molecule has 15 nitrogen and oxygen atoms in total. The second-order valence-corrected chi connectivity index (χ2v) is 20.9. The van der Waals surface area contributed by atoms with E-state index in [9.17, 15) is 33.1 Å². The molecular weight excluding hydrogens is 901 g/mol. The van der Waals surface area contributed by atoms with E-state index >= 15 is 0 Å². The summed E-state index contributed by atoms with van der Waals surface area (Å²) in [6, 6.07) is 10.8. The molecule has 3 aliphatic rings. The van der Waals surface area contributed by atoms with Crippen LogP contribution in [0.25, 0.3) is 33.3 Å². The standard InChI is InChI=1S/C53H71F2N7O8/c1-10-61-45-17-16-35(36-22-34(23-37(25-36)48(54)55)24-44(57-51(67)70-52(4,5)6)49(64)62-19-13-15-43(58-62)50(65)66)26-40(45)42(28-53(7,8)31-69-33(3)63)47(61)41-27-39(29-56-46(41)32(2)68-9)60-21-20-59-18-12-11-14-38(59)30-60/h16-17,22-23,25-27,29,32,38,43-44,48,58H,10-15,18-21,24,28,30-31H2,1-9H3,(H,57,67)(H,65,66)/t32?,38-,43+,44?/m1/s1. The number of pyridine rings is 1. The summed E-state index contributed by atoms with van der Waals surface area (Å²) < 4.78 is 49.3. The van der Waals surface area contributed by atoms with E-state index in [1.54, 1.807) is 33.9 Å². The number of fused-ring (bicyclic) bond motifs is 2. The zero-order chi connectivity index (χ0) is 50.7. The van der Waals surface area contributed by atoms with Crippen molar-refractivity contribution in [3.8, 4) is 22.4 Å². The summed E-state index contributed by atoms with van der Waals surface area (Å²) in [6.45, 7) is 19.4. The molecule has 380 valence electrons. The molecule has 17 heteroatoms. The number of ether oxygens (including phenoxy) is 3. The van der Waals surface area contributed by atoms with Crippen LogP contribution in [-0.4, -0.2) is 119 Å². The summed E-state index contributed by atoms with van der Waals surface area (Å²) in [7, 11) is 1.67. The number of piperidine rings is 1. The zero-order valence-electron chi connectivity index (χ0n) is 42.2. The first-order chi connectivity index (χ1) is 33.1. The van der Waals surface area contributed by atoms with E-state index in [1.807, 2.05) is 31.3 Å². The number of alkyl carbamates (subject to hydrolysis) is 1. The van der Waals surface area contributed by atoms with E-state index in [4.69, 9.17) is 19.2 Å². The van der Waals surface area contributed by atoms with Gasteiger partial charge in [0.1, 0.15) is 17.7 Å². The van der Waals surface area contributed by atoms with Crippen molar-refractivity contribution in [1.82, 2.24) is 30.2 Å². The lowest BCUT2D eigenvalue weighted by Gasteiger charge is -2.45. The number of piperazine rings is 1. The van der Waals surface area contributed by atoms with Crippen LogP contribution >= 0.6 is 0 Å². The predicted molar refractivity (Wildman–Crippen MR) is 265 cm³/mol.